The van der Waals surface area contributed by atoms with Gasteiger partial charge in [-0.15, -0.1) is 24.8 Å². The van der Waals surface area contributed by atoms with E-state index < -0.39 is 0 Å². The Hall–Kier alpha value is -2.35. The molecule has 35 heavy (non-hydrogen) atoms. The summed E-state index contributed by atoms with van der Waals surface area (Å²) in [5, 5.41) is 4.09. The van der Waals surface area contributed by atoms with Crippen molar-refractivity contribution in [3.63, 3.8) is 0 Å². The van der Waals surface area contributed by atoms with Crippen molar-refractivity contribution in [2.24, 2.45) is 0 Å². The molecule has 190 valence electrons. The predicted octanol–water partition coefficient (Wildman–Crippen LogP) is 4.76. The van der Waals surface area contributed by atoms with E-state index in [1.807, 2.05) is 11.0 Å². The number of piperazine rings is 1. The number of aromatic amines is 1. The van der Waals surface area contributed by atoms with E-state index in [9.17, 15) is 14.0 Å². The zero-order chi connectivity index (χ0) is 22.9. The number of halogens is 3. The number of pyridine rings is 1. The van der Waals surface area contributed by atoms with Gasteiger partial charge in [0.25, 0.3) is 5.91 Å². The third-order valence-electron chi connectivity index (χ3n) is 7.31. The minimum Gasteiger partial charge on any atom is -0.340 e. The number of carbonyl (C=O) groups excluding carboxylic acids is 1. The number of hydrogen-bond acceptors (Lipinski definition) is 3. The minimum atomic E-state index is -0.238. The molecule has 3 aromatic rings. The molecule has 3 heterocycles. The van der Waals surface area contributed by atoms with Crippen LogP contribution in [0.1, 0.15) is 65.3 Å². The van der Waals surface area contributed by atoms with Gasteiger partial charge in [0.15, 0.2) is 0 Å². The molecule has 0 unspecified atom stereocenters. The quantitative estimate of drug-likeness (QED) is 0.518. The summed E-state index contributed by atoms with van der Waals surface area (Å²) in [4.78, 5) is 30.9. The number of amides is 1. The topological polar surface area (TPSA) is 70.1 Å². The van der Waals surface area contributed by atoms with Gasteiger partial charge in [-0.2, -0.15) is 0 Å². The molecule has 2 aromatic heterocycles. The van der Waals surface area contributed by atoms with Gasteiger partial charge in [0.2, 0.25) is 5.56 Å². The summed E-state index contributed by atoms with van der Waals surface area (Å²) in [6, 6.07) is 7.00. The van der Waals surface area contributed by atoms with Crippen LogP contribution in [0.25, 0.3) is 10.9 Å². The summed E-state index contributed by atoms with van der Waals surface area (Å²) in [5.74, 6) is -0.245. The number of benzene rings is 1. The molecule has 0 radical (unpaired) electrons. The summed E-state index contributed by atoms with van der Waals surface area (Å²) in [7, 11) is 0. The molecule has 6 nitrogen and oxygen atoms in total. The van der Waals surface area contributed by atoms with Gasteiger partial charge in [-0.05, 0) is 37.0 Å². The van der Waals surface area contributed by atoms with E-state index in [0.29, 0.717) is 30.6 Å². The zero-order valence-electron chi connectivity index (χ0n) is 19.9. The van der Waals surface area contributed by atoms with Crippen LogP contribution in [-0.4, -0.2) is 46.5 Å². The number of rotatable bonds is 4. The van der Waals surface area contributed by atoms with Crippen LogP contribution in [0, 0.1) is 12.7 Å². The van der Waals surface area contributed by atoms with Crippen LogP contribution in [0.5, 0.6) is 0 Å². The lowest BCUT2D eigenvalue weighted by atomic mass is 9.94. The zero-order valence-corrected chi connectivity index (χ0v) is 21.6. The van der Waals surface area contributed by atoms with Gasteiger partial charge in [-0.25, -0.2) is 4.39 Å². The molecule has 5 rings (SSSR count). The summed E-state index contributed by atoms with van der Waals surface area (Å²) in [6.45, 7) is 4.62. The smallest absolute Gasteiger partial charge is 0.256 e. The van der Waals surface area contributed by atoms with Gasteiger partial charge < -0.3 is 19.8 Å². The maximum atomic E-state index is 14.4. The average molecular weight is 523 g/mol. The molecule has 2 aliphatic rings. The predicted molar refractivity (Wildman–Crippen MR) is 142 cm³/mol. The van der Waals surface area contributed by atoms with E-state index in [-0.39, 0.29) is 48.1 Å². The summed E-state index contributed by atoms with van der Waals surface area (Å²) >= 11 is 0. The summed E-state index contributed by atoms with van der Waals surface area (Å²) in [5.41, 5.74) is 3.66. The van der Waals surface area contributed by atoms with E-state index in [1.54, 1.807) is 25.3 Å². The Balaban J connectivity index is 0.00000171. The normalized spacial score (nSPS) is 16.6. The Morgan fingerprint density at radius 2 is 1.83 bits per heavy atom. The third-order valence-corrected chi connectivity index (χ3v) is 7.31. The number of nitrogens with zero attached hydrogens (tertiary/aromatic N) is 2. The molecule has 2 fully saturated rings. The van der Waals surface area contributed by atoms with Crippen LogP contribution in [0.4, 0.5) is 4.39 Å². The first-order valence-electron chi connectivity index (χ1n) is 12.0. The lowest BCUT2D eigenvalue weighted by molar-refractivity contribution is 0.0736. The minimum absolute atomic E-state index is 0. The van der Waals surface area contributed by atoms with Crippen LogP contribution in [0.15, 0.2) is 35.3 Å². The third kappa shape index (κ3) is 5.27. The van der Waals surface area contributed by atoms with Crippen molar-refractivity contribution >= 4 is 41.6 Å². The molecule has 1 saturated carbocycles. The highest BCUT2D eigenvalue weighted by Crippen LogP contribution is 2.37. The van der Waals surface area contributed by atoms with Gasteiger partial charge >= 0.3 is 0 Å². The highest BCUT2D eigenvalue weighted by molar-refractivity contribution is 6.08. The average Bonchev–Trinajstić information content (AvgIpc) is 3.15. The monoisotopic (exact) mass is 522 g/mol. The van der Waals surface area contributed by atoms with E-state index in [0.717, 1.165) is 60.9 Å². The number of carbonyl (C=O) groups is 1. The van der Waals surface area contributed by atoms with E-state index in [1.165, 1.54) is 12.5 Å². The second-order valence-corrected chi connectivity index (χ2v) is 9.32. The molecule has 1 amide bonds. The van der Waals surface area contributed by atoms with Crippen LogP contribution in [-0.2, 0) is 6.42 Å². The fraction of sp³-hybridized carbons (Fsp3) is 0.462. The van der Waals surface area contributed by atoms with Crippen molar-refractivity contribution in [1.29, 1.82) is 0 Å². The van der Waals surface area contributed by atoms with Gasteiger partial charge in [-0.1, -0.05) is 31.4 Å². The second-order valence-electron chi connectivity index (χ2n) is 9.32. The molecule has 1 aromatic carbocycles. The maximum absolute atomic E-state index is 14.4. The van der Waals surface area contributed by atoms with Crippen molar-refractivity contribution in [1.82, 2.24) is 19.8 Å². The fourth-order valence-corrected chi connectivity index (χ4v) is 5.50. The first-order valence-corrected chi connectivity index (χ1v) is 12.0. The largest absolute Gasteiger partial charge is 0.340 e. The number of nitrogens with one attached hydrogen (secondary N) is 2. The lowest BCUT2D eigenvalue weighted by Crippen LogP contribution is -2.46. The van der Waals surface area contributed by atoms with Crippen molar-refractivity contribution in [2.75, 3.05) is 26.2 Å². The highest BCUT2D eigenvalue weighted by atomic mass is 35.5. The van der Waals surface area contributed by atoms with Crippen molar-refractivity contribution in [3.8, 4) is 0 Å². The first-order chi connectivity index (χ1) is 16.0. The molecule has 0 spiro atoms. The van der Waals surface area contributed by atoms with E-state index in [2.05, 4.69) is 14.9 Å². The fourth-order valence-electron chi connectivity index (χ4n) is 5.50. The summed E-state index contributed by atoms with van der Waals surface area (Å²) in [6.07, 6.45) is 7.66. The van der Waals surface area contributed by atoms with Crippen molar-refractivity contribution in [3.05, 3.63) is 69.0 Å². The molecule has 1 saturated heterocycles. The molecular weight excluding hydrogens is 490 g/mol. The molecule has 1 aliphatic carbocycles. The van der Waals surface area contributed by atoms with E-state index >= 15 is 0 Å². The number of H-pyrrole nitrogens is 1. The van der Waals surface area contributed by atoms with Crippen LogP contribution in [0.2, 0.25) is 0 Å². The van der Waals surface area contributed by atoms with Crippen LogP contribution < -0.4 is 10.9 Å². The Morgan fingerprint density at radius 3 is 2.54 bits per heavy atom. The Kier molecular flexibility index (Phi) is 9.02. The number of aromatic nitrogens is 2. The molecule has 0 atom stereocenters. The maximum Gasteiger partial charge on any atom is 0.256 e. The SMILES string of the molecule is Cc1c(F)cccc1Cc1c(C(=O)N2CCNCC2)c2c[nH]c(=O)cc2n1C1CCCCC1.Cl.Cl. The molecule has 2 N–H and O–H groups in total. The van der Waals surface area contributed by atoms with Crippen molar-refractivity contribution in [2.45, 2.75) is 51.5 Å². The Morgan fingerprint density at radius 1 is 1.11 bits per heavy atom. The van der Waals surface area contributed by atoms with Gasteiger partial charge in [0.1, 0.15) is 5.82 Å². The highest BCUT2D eigenvalue weighted by Gasteiger charge is 2.30. The molecule has 0 bridgehead atoms. The van der Waals surface area contributed by atoms with Gasteiger partial charge in [0.05, 0.1) is 11.1 Å². The van der Waals surface area contributed by atoms with Crippen molar-refractivity contribution < 1.29 is 9.18 Å². The standard InChI is InChI=1S/C26H31FN4O2.2ClH/c1-17-18(6-5-9-21(17)27)14-23-25(26(33)30-12-10-28-11-13-30)20-16-29-24(32)15-22(20)31(23)19-7-3-2-4-8-19;;/h5-6,9,15-16,19,28H,2-4,7-8,10-14H2,1H3,(H,29,32);2*1H. The Labute approximate surface area is 217 Å². The Bertz CT molecular complexity index is 1240. The molecular formula is C26H33Cl2FN4O2. The van der Waals surface area contributed by atoms with Crippen LogP contribution >= 0.6 is 24.8 Å². The van der Waals surface area contributed by atoms with Gasteiger partial charge in [-0.3, -0.25) is 9.59 Å². The van der Waals surface area contributed by atoms with Gasteiger partial charge in [0, 0.05) is 62.0 Å². The number of hydrogen-bond donors (Lipinski definition) is 2. The lowest BCUT2D eigenvalue weighted by Gasteiger charge is -2.29. The summed E-state index contributed by atoms with van der Waals surface area (Å²) < 4.78 is 16.6. The van der Waals surface area contributed by atoms with Crippen LogP contribution in [0.3, 0.4) is 0 Å². The number of fused-ring (bicyclic) bond motifs is 1. The molecule has 1 aliphatic heterocycles. The first kappa shape index (κ1) is 27.2. The van der Waals surface area contributed by atoms with E-state index in [4.69, 9.17) is 0 Å². The molecule has 9 heteroatoms. The second kappa shape index (κ2) is 11.6.